The van der Waals surface area contributed by atoms with E-state index in [0.29, 0.717) is 24.0 Å². The van der Waals surface area contributed by atoms with Crippen LogP contribution < -0.4 is 5.56 Å². The molecule has 1 aliphatic rings. The molecule has 0 bridgehead atoms. The third kappa shape index (κ3) is 2.94. The first-order valence-electron chi connectivity index (χ1n) is 9.77. The summed E-state index contributed by atoms with van der Waals surface area (Å²) in [5.41, 5.74) is 3.44. The van der Waals surface area contributed by atoms with Crippen LogP contribution in [0.2, 0.25) is 0 Å². The molecule has 27 heavy (non-hydrogen) atoms. The molecule has 0 radical (unpaired) electrons. The first kappa shape index (κ1) is 17.8. The van der Waals surface area contributed by atoms with Gasteiger partial charge in [-0.3, -0.25) is 14.8 Å². The molecule has 5 nitrogen and oxygen atoms in total. The molecule has 0 aliphatic carbocycles. The quantitative estimate of drug-likeness (QED) is 0.711. The van der Waals surface area contributed by atoms with Crippen molar-refractivity contribution in [3.63, 3.8) is 0 Å². The van der Waals surface area contributed by atoms with Crippen LogP contribution in [0.3, 0.4) is 0 Å². The predicted molar refractivity (Wildman–Crippen MR) is 110 cm³/mol. The van der Waals surface area contributed by atoms with E-state index in [0.717, 1.165) is 34.2 Å². The second-order valence-electron chi connectivity index (χ2n) is 7.60. The molecule has 2 atom stereocenters. The van der Waals surface area contributed by atoms with Gasteiger partial charge in [-0.2, -0.15) is 5.10 Å². The van der Waals surface area contributed by atoms with Crippen LogP contribution in [0, 0.1) is 18.8 Å². The highest BCUT2D eigenvalue weighted by molar-refractivity contribution is 6.04. The molecule has 1 aromatic carbocycles. The number of fused-ring (bicyclic) bond motifs is 3. The van der Waals surface area contributed by atoms with Crippen molar-refractivity contribution < 1.29 is 0 Å². The maximum atomic E-state index is 12.8. The Kier molecular flexibility index (Phi) is 4.53. The van der Waals surface area contributed by atoms with Crippen molar-refractivity contribution in [2.24, 2.45) is 0 Å². The number of likely N-dealkylation sites (tertiary alicyclic amines) is 1. The smallest absolute Gasteiger partial charge is 0.262 e. The molecule has 4 rings (SSSR count). The number of aryl methyl sites for hydroxylation is 2. The standard InChI is InChI=1S/C22H26N4O/c1-5-25-19-11-10-17(7-6-12-26-14(2)8-9-15(26)3)13-18(19)21-20(22(25)27)16(4)23-24-21/h10-11,13-15H,5,8-9,12H2,1-4H3,(H,23,24)/t14-,15-/m1/s1. The van der Waals surface area contributed by atoms with Crippen LogP contribution in [-0.4, -0.2) is 38.3 Å². The van der Waals surface area contributed by atoms with Crippen molar-refractivity contribution in [2.75, 3.05) is 6.54 Å². The summed E-state index contributed by atoms with van der Waals surface area (Å²) in [7, 11) is 0. The molecule has 0 saturated carbocycles. The van der Waals surface area contributed by atoms with Crippen LogP contribution in [0.1, 0.15) is 44.9 Å². The topological polar surface area (TPSA) is 53.9 Å². The second-order valence-corrected chi connectivity index (χ2v) is 7.60. The number of pyridine rings is 1. The van der Waals surface area contributed by atoms with Gasteiger partial charge in [-0.05, 0) is 58.7 Å². The summed E-state index contributed by atoms with van der Waals surface area (Å²) < 4.78 is 1.81. The number of hydrogen-bond donors (Lipinski definition) is 1. The molecule has 5 heteroatoms. The summed E-state index contributed by atoms with van der Waals surface area (Å²) in [6.07, 6.45) is 2.51. The number of aromatic amines is 1. The van der Waals surface area contributed by atoms with Gasteiger partial charge in [0.05, 0.1) is 17.4 Å². The third-order valence-electron chi connectivity index (χ3n) is 5.89. The molecule has 0 amide bonds. The van der Waals surface area contributed by atoms with Gasteiger partial charge in [0.2, 0.25) is 0 Å². The van der Waals surface area contributed by atoms with Gasteiger partial charge < -0.3 is 4.57 Å². The maximum absolute atomic E-state index is 12.8. The Labute approximate surface area is 159 Å². The SMILES string of the molecule is CCn1c(=O)c2c(C)[nH]nc2c2cc(C#CCN3[C@H](C)CC[C@H]3C)ccc21. The van der Waals surface area contributed by atoms with Crippen LogP contribution in [0.15, 0.2) is 23.0 Å². The van der Waals surface area contributed by atoms with Crippen molar-refractivity contribution in [3.05, 3.63) is 39.8 Å². The van der Waals surface area contributed by atoms with E-state index in [2.05, 4.69) is 46.9 Å². The zero-order chi connectivity index (χ0) is 19.1. The van der Waals surface area contributed by atoms with E-state index in [1.165, 1.54) is 12.8 Å². The Balaban J connectivity index is 1.77. The van der Waals surface area contributed by atoms with Crippen LogP contribution in [0.25, 0.3) is 21.8 Å². The monoisotopic (exact) mass is 362 g/mol. The van der Waals surface area contributed by atoms with Gasteiger partial charge in [0.25, 0.3) is 5.56 Å². The lowest BCUT2D eigenvalue weighted by atomic mass is 10.1. The molecule has 0 unspecified atom stereocenters. The highest BCUT2D eigenvalue weighted by atomic mass is 16.1. The summed E-state index contributed by atoms with van der Waals surface area (Å²) in [5.74, 6) is 6.65. The van der Waals surface area contributed by atoms with Crippen LogP contribution in [0.5, 0.6) is 0 Å². The van der Waals surface area contributed by atoms with Gasteiger partial charge in [0.15, 0.2) is 0 Å². The minimum Gasteiger partial charge on any atom is -0.308 e. The van der Waals surface area contributed by atoms with E-state index in [1.54, 1.807) is 0 Å². The molecule has 3 aromatic rings. The lowest BCUT2D eigenvalue weighted by molar-refractivity contribution is 0.243. The molecule has 0 spiro atoms. The summed E-state index contributed by atoms with van der Waals surface area (Å²) in [6, 6.07) is 7.28. The van der Waals surface area contributed by atoms with E-state index < -0.39 is 0 Å². The van der Waals surface area contributed by atoms with Gasteiger partial charge >= 0.3 is 0 Å². The zero-order valence-electron chi connectivity index (χ0n) is 16.5. The Morgan fingerprint density at radius 1 is 1.26 bits per heavy atom. The van der Waals surface area contributed by atoms with E-state index in [4.69, 9.17) is 0 Å². The van der Waals surface area contributed by atoms with Crippen molar-refractivity contribution in [3.8, 4) is 11.8 Å². The lowest BCUT2D eigenvalue weighted by Crippen LogP contribution is -2.32. The average Bonchev–Trinajstić information content (AvgIpc) is 3.20. The number of H-pyrrole nitrogens is 1. The molecule has 1 N–H and O–H groups in total. The fourth-order valence-electron chi connectivity index (χ4n) is 4.28. The minimum absolute atomic E-state index is 0.0158. The summed E-state index contributed by atoms with van der Waals surface area (Å²) in [6.45, 7) is 9.87. The Morgan fingerprint density at radius 3 is 2.70 bits per heavy atom. The molecular weight excluding hydrogens is 336 g/mol. The third-order valence-corrected chi connectivity index (χ3v) is 5.89. The number of nitrogens with zero attached hydrogens (tertiary/aromatic N) is 3. The Morgan fingerprint density at radius 2 is 2.00 bits per heavy atom. The van der Waals surface area contributed by atoms with E-state index in [1.807, 2.05) is 30.5 Å². The largest absolute Gasteiger partial charge is 0.308 e. The van der Waals surface area contributed by atoms with E-state index in [9.17, 15) is 4.79 Å². The summed E-state index contributed by atoms with van der Waals surface area (Å²) in [4.78, 5) is 15.3. The van der Waals surface area contributed by atoms with Crippen molar-refractivity contribution in [1.82, 2.24) is 19.7 Å². The van der Waals surface area contributed by atoms with Crippen LogP contribution >= 0.6 is 0 Å². The first-order chi connectivity index (χ1) is 13.0. The summed E-state index contributed by atoms with van der Waals surface area (Å²) in [5, 5.41) is 9.01. The van der Waals surface area contributed by atoms with Crippen LogP contribution in [-0.2, 0) is 6.54 Å². The van der Waals surface area contributed by atoms with Crippen LogP contribution in [0.4, 0.5) is 0 Å². The number of hydrogen-bond acceptors (Lipinski definition) is 3. The summed E-state index contributed by atoms with van der Waals surface area (Å²) >= 11 is 0. The predicted octanol–water partition coefficient (Wildman–Crippen LogP) is 3.43. The second kappa shape index (κ2) is 6.86. The highest BCUT2D eigenvalue weighted by Gasteiger charge is 2.25. The van der Waals surface area contributed by atoms with Gasteiger partial charge in [0, 0.05) is 35.3 Å². The Bertz CT molecular complexity index is 1120. The molecule has 1 fully saturated rings. The lowest BCUT2D eigenvalue weighted by Gasteiger charge is -2.22. The number of rotatable bonds is 2. The fourth-order valence-corrected chi connectivity index (χ4v) is 4.28. The number of benzene rings is 1. The number of aromatic nitrogens is 3. The maximum Gasteiger partial charge on any atom is 0.262 e. The van der Waals surface area contributed by atoms with Gasteiger partial charge in [-0.1, -0.05) is 11.8 Å². The van der Waals surface area contributed by atoms with Gasteiger partial charge in [-0.15, -0.1) is 0 Å². The molecular formula is C22H26N4O. The minimum atomic E-state index is 0.0158. The van der Waals surface area contributed by atoms with E-state index in [-0.39, 0.29) is 5.56 Å². The van der Waals surface area contributed by atoms with E-state index >= 15 is 0 Å². The van der Waals surface area contributed by atoms with Gasteiger partial charge in [0.1, 0.15) is 5.52 Å². The first-order valence-corrected chi connectivity index (χ1v) is 9.77. The molecule has 1 aliphatic heterocycles. The highest BCUT2D eigenvalue weighted by Crippen LogP contribution is 2.24. The Hall–Kier alpha value is -2.58. The zero-order valence-corrected chi connectivity index (χ0v) is 16.5. The molecule has 140 valence electrons. The van der Waals surface area contributed by atoms with Crippen molar-refractivity contribution in [1.29, 1.82) is 0 Å². The average molecular weight is 362 g/mol. The van der Waals surface area contributed by atoms with Gasteiger partial charge in [-0.25, -0.2) is 0 Å². The molecule has 2 aromatic heterocycles. The molecule has 3 heterocycles. The van der Waals surface area contributed by atoms with Crippen molar-refractivity contribution in [2.45, 2.75) is 59.2 Å². The fraction of sp³-hybridized carbons (Fsp3) is 0.455. The molecule has 1 saturated heterocycles. The number of nitrogens with one attached hydrogen (secondary N) is 1. The normalized spacial score (nSPS) is 20.3. The van der Waals surface area contributed by atoms with Crippen molar-refractivity contribution >= 4 is 21.8 Å².